The number of nitrogens with one attached hydrogen (secondary N) is 2. The number of halogens is 1. The molecule has 1 unspecified atom stereocenters. The Kier molecular flexibility index (Phi) is 8.75. The Morgan fingerprint density at radius 1 is 1.32 bits per heavy atom. The lowest BCUT2D eigenvalue weighted by Crippen LogP contribution is -2.51. The zero-order chi connectivity index (χ0) is 20.2. The minimum absolute atomic E-state index is 0. The van der Waals surface area contributed by atoms with Gasteiger partial charge in [-0.15, -0.1) is 12.4 Å². The molecule has 1 aliphatic heterocycles. The van der Waals surface area contributed by atoms with Crippen LogP contribution in [0.25, 0.3) is 0 Å². The SMILES string of the molecule is CCCCC(CN)NC(=O)CN1C(=O)NC2(CCC(C(C)(C)C)CC2)C1=O.Cl. The van der Waals surface area contributed by atoms with Gasteiger partial charge in [-0.25, -0.2) is 4.79 Å². The highest BCUT2D eigenvalue weighted by Gasteiger charge is 2.53. The molecule has 1 saturated heterocycles. The Morgan fingerprint density at radius 2 is 1.93 bits per heavy atom. The Balaban J connectivity index is 0.00000392. The Hall–Kier alpha value is -1.34. The number of unbranched alkanes of at least 4 members (excludes halogenated alkanes) is 1. The molecule has 0 aromatic carbocycles. The zero-order valence-electron chi connectivity index (χ0n) is 17.7. The van der Waals surface area contributed by atoms with Crippen LogP contribution in [0.5, 0.6) is 0 Å². The van der Waals surface area contributed by atoms with Gasteiger partial charge >= 0.3 is 6.03 Å². The van der Waals surface area contributed by atoms with E-state index in [4.69, 9.17) is 5.73 Å². The standard InChI is InChI=1S/C20H36N4O3.ClH/c1-5-6-7-15(12-21)22-16(25)13-24-17(26)20(23-18(24)27)10-8-14(9-11-20)19(2,3)4;/h14-15H,5-13,21H2,1-4H3,(H,22,25)(H,23,27);1H. The summed E-state index contributed by atoms with van der Waals surface area (Å²) in [4.78, 5) is 38.7. The average molecular weight is 417 g/mol. The van der Waals surface area contributed by atoms with Crippen molar-refractivity contribution in [2.24, 2.45) is 17.1 Å². The van der Waals surface area contributed by atoms with Gasteiger partial charge in [0.15, 0.2) is 0 Å². The normalized spacial score (nSPS) is 26.0. The van der Waals surface area contributed by atoms with Gasteiger partial charge in [0.25, 0.3) is 5.91 Å². The van der Waals surface area contributed by atoms with Gasteiger partial charge < -0.3 is 16.4 Å². The van der Waals surface area contributed by atoms with Gasteiger partial charge in [-0.3, -0.25) is 14.5 Å². The van der Waals surface area contributed by atoms with Crippen LogP contribution in [0, 0.1) is 11.3 Å². The van der Waals surface area contributed by atoms with Crippen molar-refractivity contribution in [2.45, 2.75) is 84.2 Å². The molecule has 2 rings (SSSR count). The van der Waals surface area contributed by atoms with Crippen LogP contribution < -0.4 is 16.4 Å². The number of nitrogens with zero attached hydrogens (tertiary/aromatic N) is 1. The molecule has 0 bridgehead atoms. The molecule has 8 heteroatoms. The number of amides is 4. The molecule has 1 aliphatic carbocycles. The molecule has 2 fully saturated rings. The molecule has 28 heavy (non-hydrogen) atoms. The van der Waals surface area contributed by atoms with Crippen LogP contribution in [-0.4, -0.2) is 47.4 Å². The maximum Gasteiger partial charge on any atom is 0.325 e. The molecule has 0 aromatic heterocycles. The molecule has 4 N–H and O–H groups in total. The number of urea groups is 1. The fourth-order valence-corrected chi connectivity index (χ4v) is 4.25. The first-order chi connectivity index (χ1) is 12.6. The molecule has 2 aliphatic rings. The molecule has 0 radical (unpaired) electrons. The first-order valence-electron chi connectivity index (χ1n) is 10.3. The predicted molar refractivity (Wildman–Crippen MR) is 112 cm³/mol. The fraction of sp³-hybridized carbons (Fsp3) is 0.850. The molecule has 1 saturated carbocycles. The lowest BCUT2D eigenvalue weighted by molar-refractivity contribution is -0.136. The number of carbonyl (C=O) groups excluding carboxylic acids is 3. The number of hydrogen-bond donors (Lipinski definition) is 3. The highest BCUT2D eigenvalue weighted by molar-refractivity contribution is 6.09. The highest BCUT2D eigenvalue weighted by atomic mass is 35.5. The van der Waals surface area contributed by atoms with Crippen molar-refractivity contribution in [3.63, 3.8) is 0 Å². The molecule has 162 valence electrons. The van der Waals surface area contributed by atoms with Crippen molar-refractivity contribution in [1.29, 1.82) is 0 Å². The number of rotatable bonds is 7. The summed E-state index contributed by atoms with van der Waals surface area (Å²) in [6, 6.07) is -0.573. The number of carbonyl (C=O) groups is 3. The Labute approximate surface area is 174 Å². The third kappa shape index (κ3) is 5.60. The zero-order valence-corrected chi connectivity index (χ0v) is 18.5. The van der Waals surface area contributed by atoms with E-state index in [1.807, 2.05) is 0 Å². The third-order valence-corrected chi connectivity index (χ3v) is 6.17. The van der Waals surface area contributed by atoms with E-state index in [0.717, 1.165) is 37.0 Å². The quantitative estimate of drug-likeness (QED) is 0.554. The summed E-state index contributed by atoms with van der Waals surface area (Å²) in [6.45, 7) is 8.84. The highest BCUT2D eigenvalue weighted by Crippen LogP contribution is 2.43. The van der Waals surface area contributed by atoms with Gasteiger partial charge in [-0.1, -0.05) is 40.5 Å². The maximum absolute atomic E-state index is 12.9. The molecule has 4 amide bonds. The molecule has 1 heterocycles. The summed E-state index contributed by atoms with van der Waals surface area (Å²) in [6.07, 6.45) is 5.89. The summed E-state index contributed by atoms with van der Waals surface area (Å²) in [5.74, 6) is -0.0487. The summed E-state index contributed by atoms with van der Waals surface area (Å²) < 4.78 is 0. The molecular weight excluding hydrogens is 380 g/mol. The monoisotopic (exact) mass is 416 g/mol. The van der Waals surface area contributed by atoms with Gasteiger partial charge in [0.1, 0.15) is 12.1 Å². The van der Waals surface area contributed by atoms with Crippen molar-refractivity contribution in [3.05, 3.63) is 0 Å². The summed E-state index contributed by atoms with van der Waals surface area (Å²) >= 11 is 0. The van der Waals surface area contributed by atoms with Gasteiger partial charge in [-0.2, -0.15) is 0 Å². The summed E-state index contributed by atoms with van der Waals surface area (Å²) in [5.41, 5.74) is 5.08. The second-order valence-electron chi connectivity index (χ2n) is 9.19. The van der Waals surface area contributed by atoms with Crippen molar-refractivity contribution in [1.82, 2.24) is 15.5 Å². The van der Waals surface area contributed by atoms with E-state index in [9.17, 15) is 14.4 Å². The predicted octanol–water partition coefficient (Wildman–Crippen LogP) is 2.57. The van der Waals surface area contributed by atoms with Crippen LogP contribution >= 0.6 is 12.4 Å². The number of hydrogen-bond acceptors (Lipinski definition) is 4. The van der Waals surface area contributed by atoms with E-state index in [-0.39, 0.29) is 42.2 Å². The van der Waals surface area contributed by atoms with Crippen molar-refractivity contribution in [2.75, 3.05) is 13.1 Å². The second-order valence-corrected chi connectivity index (χ2v) is 9.19. The molecule has 1 spiro atoms. The second kappa shape index (κ2) is 9.92. The first-order valence-corrected chi connectivity index (χ1v) is 10.3. The fourth-order valence-electron chi connectivity index (χ4n) is 4.25. The van der Waals surface area contributed by atoms with Crippen LogP contribution in [0.15, 0.2) is 0 Å². The topological polar surface area (TPSA) is 105 Å². The number of imide groups is 1. The minimum Gasteiger partial charge on any atom is -0.351 e. The van der Waals surface area contributed by atoms with Gasteiger partial charge in [0.2, 0.25) is 5.91 Å². The van der Waals surface area contributed by atoms with E-state index in [2.05, 4.69) is 38.3 Å². The minimum atomic E-state index is -0.825. The molecule has 7 nitrogen and oxygen atoms in total. The summed E-state index contributed by atoms with van der Waals surface area (Å²) in [5, 5.41) is 5.73. The lowest BCUT2D eigenvalue weighted by Gasteiger charge is -2.40. The van der Waals surface area contributed by atoms with Gasteiger partial charge in [-0.05, 0) is 43.4 Å². The maximum atomic E-state index is 12.9. The largest absolute Gasteiger partial charge is 0.351 e. The van der Waals surface area contributed by atoms with Crippen LogP contribution in [0.2, 0.25) is 0 Å². The molecule has 1 atom stereocenters. The van der Waals surface area contributed by atoms with Crippen LogP contribution in [0.4, 0.5) is 4.79 Å². The van der Waals surface area contributed by atoms with E-state index in [1.165, 1.54) is 0 Å². The number of nitrogens with two attached hydrogens (primary N) is 1. The molecule has 0 aromatic rings. The van der Waals surface area contributed by atoms with Crippen LogP contribution in [0.3, 0.4) is 0 Å². The van der Waals surface area contributed by atoms with E-state index in [1.54, 1.807) is 0 Å². The molecular formula is C20H37ClN4O3. The smallest absolute Gasteiger partial charge is 0.325 e. The van der Waals surface area contributed by atoms with Gasteiger partial charge in [0.05, 0.1) is 0 Å². The average Bonchev–Trinajstić information content (AvgIpc) is 2.82. The van der Waals surface area contributed by atoms with Crippen LogP contribution in [0.1, 0.15) is 72.6 Å². The van der Waals surface area contributed by atoms with Crippen molar-refractivity contribution >= 4 is 30.3 Å². The Morgan fingerprint density at radius 3 is 2.43 bits per heavy atom. The van der Waals surface area contributed by atoms with Crippen molar-refractivity contribution < 1.29 is 14.4 Å². The van der Waals surface area contributed by atoms with E-state index >= 15 is 0 Å². The van der Waals surface area contributed by atoms with E-state index < -0.39 is 11.6 Å². The Bertz CT molecular complexity index is 568. The lowest BCUT2D eigenvalue weighted by atomic mass is 9.67. The van der Waals surface area contributed by atoms with Gasteiger partial charge in [0, 0.05) is 12.6 Å². The van der Waals surface area contributed by atoms with Crippen LogP contribution in [-0.2, 0) is 9.59 Å². The van der Waals surface area contributed by atoms with E-state index in [0.29, 0.717) is 25.3 Å². The van der Waals surface area contributed by atoms with Crippen molar-refractivity contribution in [3.8, 4) is 0 Å². The summed E-state index contributed by atoms with van der Waals surface area (Å²) in [7, 11) is 0. The first kappa shape index (κ1) is 24.7. The third-order valence-electron chi connectivity index (χ3n) is 6.17.